The van der Waals surface area contributed by atoms with Crippen LogP contribution in [0.4, 0.5) is 14.5 Å². The molecule has 0 amide bonds. The second kappa shape index (κ2) is 6.29. The van der Waals surface area contributed by atoms with Crippen LogP contribution >= 0.6 is 0 Å². The van der Waals surface area contributed by atoms with Crippen molar-refractivity contribution < 1.29 is 8.78 Å². The van der Waals surface area contributed by atoms with E-state index >= 15 is 0 Å². The molecule has 0 saturated heterocycles. The van der Waals surface area contributed by atoms with E-state index in [-0.39, 0.29) is 5.56 Å². The first-order chi connectivity index (χ1) is 6.65. The van der Waals surface area contributed by atoms with Crippen molar-refractivity contribution in [3.63, 3.8) is 0 Å². The van der Waals surface area contributed by atoms with Crippen LogP contribution in [-0.4, -0.2) is 12.0 Å². The van der Waals surface area contributed by atoms with E-state index < -0.39 is 6.43 Å². The lowest BCUT2D eigenvalue weighted by Crippen LogP contribution is -1.96. The number of hydrogen-bond acceptors (Lipinski definition) is 2. The summed E-state index contributed by atoms with van der Waals surface area (Å²) in [4.78, 5) is 3.83. The number of pyridine rings is 1. The second-order valence-electron chi connectivity index (χ2n) is 2.45. The fourth-order valence-electron chi connectivity index (χ4n) is 0.922. The van der Waals surface area contributed by atoms with E-state index in [2.05, 4.69) is 10.3 Å². The van der Waals surface area contributed by atoms with Crippen molar-refractivity contribution in [2.75, 3.05) is 12.4 Å². The Morgan fingerprint density at radius 1 is 1.36 bits per heavy atom. The number of anilines is 1. The Labute approximate surface area is 83.4 Å². The van der Waals surface area contributed by atoms with Crippen molar-refractivity contribution >= 4 is 5.69 Å². The SMILES string of the molecule is CC.CNc1cc(C(F)F)cnc1C. The highest BCUT2D eigenvalue weighted by Crippen LogP contribution is 2.22. The molecule has 1 aromatic heterocycles. The number of alkyl halides is 2. The fourth-order valence-corrected chi connectivity index (χ4v) is 0.922. The van der Waals surface area contributed by atoms with Gasteiger partial charge in [-0.15, -0.1) is 0 Å². The third kappa shape index (κ3) is 3.28. The molecular formula is C10H16F2N2. The third-order valence-electron chi connectivity index (χ3n) is 1.63. The molecule has 0 unspecified atom stereocenters. The van der Waals surface area contributed by atoms with Crippen molar-refractivity contribution in [3.8, 4) is 0 Å². The molecule has 1 heterocycles. The Kier molecular flexibility index (Phi) is 5.76. The lowest BCUT2D eigenvalue weighted by molar-refractivity contribution is 0.151. The smallest absolute Gasteiger partial charge is 0.265 e. The monoisotopic (exact) mass is 202 g/mol. The summed E-state index contributed by atoms with van der Waals surface area (Å²) in [5.41, 5.74) is 1.32. The quantitative estimate of drug-likeness (QED) is 0.795. The topological polar surface area (TPSA) is 24.9 Å². The van der Waals surface area contributed by atoms with Gasteiger partial charge < -0.3 is 5.32 Å². The average Bonchev–Trinajstić information content (AvgIpc) is 2.21. The van der Waals surface area contributed by atoms with E-state index in [1.54, 1.807) is 14.0 Å². The number of hydrogen-bond donors (Lipinski definition) is 1. The molecule has 0 radical (unpaired) electrons. The lowest BCUT2D eigenvalue weighted by Gasteiger charge is -2.06. The molecule has 0 aliphatic rings. The van der Waals surface area contributed by atoms with Crippen molar-refractivity contribution in [1.29, 1.82) is 0 Å². The predicted octanol–water partition coefficient (Wildman–Crippen LogP) is 3.40. The maximum Gasteiger partial charge on any atom is 0.265 e. The summed E-state index contributed by atoms with van der Waals surface area (Å²) >= 11 is 0. The zero-order chi connectivity index (χ0) is 11.1. The van der Waals surface area contributed by atoms with E-state index in [0.717, 1.165) is 5.69 Å². The highest BCUT2D eigenvalue weighted by Gasteiger charge is 2.08. The molecule has 80 valence electrons. The van der Waals surface area contributed by atoms with Crippen LogP contribution in [0.3, 0.4) is 0 Å². The van der Waals surface area contributed by atoms with Gasteiger partial charge in [0.1, 0.15) is 0 Å². The summed E-state index contributed by atoms with van der Waals surface area (Å²) in [6, 6.07) is 1.41. The summed E-state index contributed by atoms with van der Waals surface area (Å²) in [7, 11) is 1.68. The van der Waals surface area contributed by atoms with Gasteiger partial charge in [-0.1, -0.05) is 13.8 Å². The van der Waals surface area contributed by atoms with Crippen LogP contribution in [0.25, 0.3) is 0 Å². The minimum absolute atomic E-state index is 0.0510. The van der Waals surface area contributed by atoms with Gasteiger partial charge in [-0.05, 0) is 13.0 Å². The first kappa shape index (κ1) is 12.8. The normalized spacial score (nSPS) is 9.36. The summed E-state index contributed by atoms with van der Waals surface area (Å²) in [5, 5.41) is 2.79. The molecule has 0 bridgehead atoms. The highest BCUT2D eigenvalue weighted by atomic mass is 19.3. The van der Waals surface area contributed by atoms with E-state index in [9.17, 15) is 8.78 Å². The molecule has 2 nitrogen and oxygen atoms in total. The van der Waals surface area contributed by atoms with Gasteiger partial charge in [0.25, 0.3) is 6.43 Å². The zero-order valence-corrected chi connectivity index (χ0v) is 8.94. The summed E-state index contributed by atoms with van der Waals surface area (Å²) in [5.74, 6) is 0. The van der Waals surface area contributed by atoms with Crippen molar-refractivity contribution in [2.24, 2.45) is 0 Å². The zero-order valence-electron chi connectivity index (χ0n) is 8.94. The molecule has 0 fully saturated rings. The molecular weight excluding hydrogens is 186 g/mol. The second-order valence-corrected chi connectivity index (χ2v) is 2.45. The van der Waals surface area contributed by atoms with Crippen LogP contribution in [0.2, 0.25) is 0 Å². The van der Waals surface area contributed by atoms with Crippen molar-refractivity contribution in [3.05, 3.63) is 23.5 Å². The molecule has 0 atom stereocenters. The lowest BCUT2D eigenvalue weighted by atomic mass is 10.2. The van der Waals surface area contributed by atoms with Crippen LogP contribution in [0, 0.1) is 6.92 Å². The highest BCUT2D eigenvalue weighted by molar-refractivity contribution is 5.48. The average molecular weight is 202 g/mol. The van der Waals surface area contributed by atoms with Gasteiger partial charge in [0.2, 0.25) is 0 Å². The molecule has 1 N–H and O–H groups in total. The molecule has 0 aliphatic heterocycles. The first-order valence-electron chi connectivity index (χ1n) is 4.57. The molecule has 4 heteroatoms. The number of halogens is 2. The maximum absolute atomic E-state index is 12.1. The molecule has 14 heavy (non-hydrogen) atoms. The van der Waals surface area contributed by atoms with Gasteiger partial charge in [-0.2, -0.15) is 0 Å². The Balaban J connectivity index is 0.000000791. The van der Waals surface area contributed by atoms with E-state index in [0.29, 0.717) is 5.69 Å². The van der Waals surface area contributed by atoms with Crippen LogP contribution in [0.15, 0.2) is 12.3 Å². The largest absolute Gasteiger partial charge is 0.387 e. The predicted molar refractivity (Wildman–Crippen MR) is 54.8 cm³/mol. The Hall–Kier alpha value is -1.19. The van der Waals surface area contributed by atoms with E-state index in [1.165, 1.54) is 12.3 Å². The number of aromatic nitrogens is 1. The first-order valence-corrected chi connectivity index (χ1v) is 4.57. The van der Waals surface area contributed by atoms with Gasteiger partial charge in [-0.3, -0.25) is 4.98 Å². The van der Waals surface area contributed by atoms with Crippen LogP contribution in [0.5, 0.6) is 0 Å². The summed E-state index contributed by atoms with van der Waals surface area (Å²) in [6.45, 7) is 5.76. The summed E-state index contributed by atoms with van der Waals surface area (Å²) in [6.07, 6.45) is -1.26. The summed E-state index contributed by atoms with van der Waals surface area (Å²) < 4.78 is 24.3. The Bertz CT molecular complexity index is 275. The van der Waals surface area contributed by atoms with E-state index in [1.807, 2.05) is 13.8 Å². The number of nitrogens with one attached hydrogen (secondary N) is 1. The minimum atomic E-state index is -2.45. The number of aryl methyl sites for hydroxylation is 1. The van der Waals surface area contributed by atoms with Crippen LogP contribution in [0.1, 0.15) is 31.5 Å². The minimum Gasteiger partial charge on any atom is -0.387 e. The standard InChI is InChI=1S/C8H10F2N2.C2H6/c1-5-7(11-2)3-6(4-12-5)8(9)10;1-2/h3-4,8,11H,1-2H3;1-2H3. The Morgan fingerprint density at radius 2 is 1.93 bits per heavy atom. The Morgan fingerprint density at radius 3 is 2.36 bits per heavy atom. The molecule has 0 saturated carbocycles. The molecule has 1 aromatic rings. The van der Waals surface area contributed by atoms with Gasteiger partial charge in [0.15, 0.2) is 0 Å². The van der Waals surface area contributed by atoms with E-state index in [4.69, 9.17) is 0 Å². The van der Waals surface area contributed by atoms with Gasteiger partial charge in [-0.25, -0.2) is 8.78 Å². The van der Waals surface area contributed by atoms with Crippen LogP contribution in [-0.2, 0) is 0 Å². The molecule has 1 rings (SSSR count). The van der Waals surface area contributed by atoms with Gasteiger partial charge in [0, 0.05) is 18.8 Å². The molecule has 0 aromatic carbocycles. The third-order valence-corrected chi connectivity index (χ3v) is 1.63. The van der Waals surface area contributed by atoms with Gasteiger partial charge >= 0.3 is 0 Å². The molecule has 0 aliphatic carbocycles. The van der Waals surface area contributed by atoms with Crippen molar-refractivity contribution in [2.45, 2.75) is 27.2 Å². The number of rotatable bonds is 2. The fraction of sp³-hybridized carbons (Fsp3) is 0.500. The van der Waals surface area contributed by atoms with Crippen molar-refractivity contribution in [1.82, 2.24) is 4.98 Å². The van der Waals surface area contributed by atoms with Gasteiger partial charge in [0.05, 0.1) is 11.4 Å². The number of nitrogens with zero attached hydrogens (tertiary/aromatic N) is 1. The van der Waals surface area contributed by atoms with Crippen LogP contribution < -0.4 is 5.32 Å². The molecule has 0 spiro atoms. The maximum atomic E-state index is 12.1.